The number of benzene rings is 1. The average molecular weight is 204 g/mol. The highest BCUT2D eigenvalue weighted by molar-refractivity contribution is 5.81. The Labute approximate surface area is 86.2 Å². The molecule has 0 amide bonds. The standard InChI is InChI=1S/C11H12N2O2/c14-9-6-2-5-8-10(9)13(11(15)12-8)7-3-1-4-7/h2,5-7,14H,1,3-4H2,(H,12,15). The molecule has 4 nitrogen and oxygen atoms in total. The molecule has 1 aromatic carbocycles. The summed E-state index contributed by atoms with van der Waals surface area (Å²) in [6.45, 7) is 0. The fourth-order valence-electron chi connectivity index (χ4n) is 2.16. The minimum Gasteiger partial charge on any atom is -0.506 e. The molecule has 0 saturated heterocycles. The summed E-state index contributed by atoms with van der Waals surface area (Å²) in [6.07, 6.45) is 3.22. The summed E-state index contributed by atoms with van der Waals surface area (Å²) >= 11 is 0. The van der Waals surface area contributed by atoms with Crippen molar-refractivity contribution in [2.75, 3.05) is 0 Å². The number of nitrogens with one attached hydrogen (secondary N) is 1. The molecule has 2 N–H and O–H groups in total. The number of rotatable bonds is 1. The Morgan fingerprint density at radius 1 is 1.40 bits per heavy atom. The van der Waals surface area contributed by atoms with E-state index in [1.54, 1.807) is 16.7 Å². The van der Waals surface area contributed by atoms with E-state index in [1.165, 1.54) is 0 Å². The predicted octanol–water partition coefficient (Wildman–Crippen LogP) is 1.76. The molecule has 0 radical (unpaired) electrons. The third-order valence-corrected chi connectivity index (χ3v) is 3.16. The maximum atomic E-state index is 11.7. The van der Waals surface area contributed by atoms with E-state index in [-0.39, 0.29) is 17.5 Å². The highest BCUT2D eigenvalue weighted by Gasteiger charge is 2.24. The number of phenolic OH excluding ortho intramolecular Hbond substituents is 1. The van der Waals surface area contributed by atoms with Crippen molar-refractivity contribution in [3.63, 3.8) is 0 Å². The minimum atomic E-state index is -0.115. The molecule has 3 rings (SSSR count). The zero-order valence-corrected chi connectivity index (χ0v) is 8.23. The number of aromatic amines is 1. The van der Waals surface area contributed by atoms with Crippen molar-refractivity contribution >= 4 is 11.0 Å². The molecule has 0 spiro atoms. The number of nitrogens with zero attached hydrogens (tertiary/aromatic N) is 1. The van der Waals surface area contributed by atoms with Crippen LogP contribution in [0.5, 0.6) is 5.75 Å². The van der Waals surface area contributed by atoms with Gasteiger partial charge in [-0.2, -0.15) is 0 Å². The van der Waals surface area contributed by atoms with Crippen LogP contribution in [-0.2, 0) is 0 Å². The molecule has 15 heavy (non-hydrogen) atoms. The molecular weight excluding hydrogens is 192 g/mol. The van der Waals surface area contributed by atoms with Crippen molar-refractivity contribution in [1.29, 1.82) is 0 Å². The monoisotopic (exact) mass is 204 g/mol. The molecular formula is C11H12N2O2. The Morgan fingerprint density at radius 2 is 2.20 bits per heavy atom. The third kappa shape index (κ3) is 1.11. The average Bonchev–Trinajstić information content (AvgIpc) is 2.42. The second kappa shape index (κ2) is 2.89. The number of fused-ring (bicyclic) bond motifs is 1. The van der Waals surface area contributed by atoms with Gasteiger partial charge in [0, 0.05) is 6.04 Å². The third-order valence-electron chi connectivity index (χ3n) is 3.16. The molecule has 1 aliphatic carbocycles. The molecule has 1 heterocycles. The van der Waals surface area contributed by atoms with Crippen LogP contribution >= 0.6 is 0 Å². The second-order valence-corrected chi connectivity index (χ2v) is 4.06. The van der Waals surface area contributed by atoms with Gasteiger partial charge in [0.05, 0.1) is 5.52 Å². The molecule has 0 atom stereocenters. The summed E-state index contributed by atoms with van der Waals surface area (Å²) in [4.78, 5) is 14.5. The Morgan fingerprint density at radius 3 is 2.87 bits per heavy atom. The molecule has 1 fully saturated rings. The van der Waals surface area contributed by atoms with Gasteiger partial charge in [-0.15, -0.1) is 0 Å². The normalized spacial score (nSPS) is 16.8. The van der Waals surface area contributed by atoms with Gasteiger partial charge >= 0.3 is 5.69 Å². The fourth-order valence-corrected chi connectivity index (χ4v) is 2.16. The molecule has 0 aliphatic heterocycles. The smallest absolute Gasteiger partial charge is 0.326 e. The minimum absolute atomic E-state index is 0.115. The SMILES string of the molecule is O=c1[nH]c2cccc(O)c2n1C1CCC1. The van der Waals surface area contributed by atoms with E-state index in [9.17, 15) is 9.90 Å². The maximum absolute atomic E-state index is 11.7. The van der Waals surface area contributed by atoms with Crippen LogP contribution in [0.4, 0.5) is 0 Å². The molecule has 0 unspecified atom stereocenters. The maximum Gasteiger partial charge on any atom is 0.326 e. The number of phenols is 1. The Hall–Kier alpha value is -1.71. The first-order valence-corrected chi connectivity index (χ1v) is 5.19. The van der Waals surface area contributed by atoms with Gasteiger partial charge in [0.15, 0.2) is 0 Å². The lowest BCUT2D eigenvalue weighted by atomic mass is 9.93. The van der Waals surface area contributed by atoms with E-state index in [0.717, 1.165) is 19.3 Å². The molecule has 2 aromatic rings. The van der Waals surface area contributed by atoms with Gasteiger partial charge in [0.25, 0.3) is 0 Å². The predicted molar refractivity (Wildman–Crippen MR) is 57.1 cm³/mol. The van der Waals surface area contributed by atoms with Crippen molar-refractivity contribution in [3.8, 4) is 5.75 Å². The van der Waals surface area contributed by atoms with Gasteiger partial charge in [0.2, 0.25) is 0 Å². The highest BCUT2D eigenvalue weighted by atomic mass is 16.3. The first kappa shape index (κ1) is 8.59. The van der Waals surface area contributed by atoms with E-state index >= 15 is 0 Å². The lowest BCUT2D eigenvalue weighted by Crippen LogP contribution is -2.26. The summed E-state index contributed by atoms with van der Waals surface area (Å²) in [5.74, 6) is 0.178. The van der Waals surface area contributed by atoms with E-state index in [2.05, 4.69) is 4.98 Å². The second-order valence-electron chi connectivity index (χ2n) is 4.06. The quantitative estimate of drug-likeness (QED) is 0.743. The summed E-state index contributed by atoms with van der Waals surface area (Å²) in [6, 6.07) is 5.43. The van der Waals surface area contributed by atoms with Gasteiger partial charge in [-0.25, -0.2) is 4.79 Å². The van der Waals surface area contributed by atoms with Crippen LogP contribution in [0, 0.1) is 0 Å². The molecule has 1 saturated carbocycles. The van der Waals surface area contributed by atoms with Crippen LogP contribution < -0.4 is 5.69 Å². The van der Waals surface area contributed by atoms with Crippen molar-refractivity contribution in [2.24, 2.45) is 0 Å². The Kier molecular flexibility index (Phi) is 1.65. The molecule has 1 aromatic heterocycles. The van der Waals surface area contributed by atoms with Gasteiger partial charge in [0.1, 0.15) is 11.3 Å². The van der Waals surface area contributed by atoms with Crippen LogP contribution in [0.2, 0.25) is 0 Å². The number of hydrogen-bond acceptors (Lipinski definition) is 2. The summed E-state index contributed by atoms with van der Waals surface area (Å²) in [7, 11) is 0. The van der Waals surface area contributed by atoms with Crippen LogP contribution in [0.1, 0.15) is 25.3 Å². The largest absolute Gasteiger partial charge is 0.506 e. The highest BCUT2D eigenvalue weighted by Crippen LogP contribution is 2.34. The Balaban J connectivity index is 2.35. The first-order chi connectivity index (χ1) is 7.27. The number of imidazole rings is 1. The van der Waals surface area contributed by atoms with Crippen molar-refractivity contribution in [3.05, 3.63) is 28.7 Å². The van der Waals surface area contributed by atoms with E-state index in [1.807, 2.05) is 6.07 Å². The topological polar surface area (TPSA) is 58.0 Å². The van der Waals surface area contributed by atoms with E-state index in [0.29, 0.717) is 11.0 Å². The van der Waals surface area contributed by atoms with Gasteiger partial charge in [-0.3, -0.25) is 4.57 Å². The fraction of sp³-hybridized carbons (Fsp3) is 0.364. The van der Waals surface area contributed by atoms with Gasteiger partial charge in [-0.1, -0.05) is 6.07 Å². The first-order valence-electron chi connectivity index (χ1n) is 5.19. The van der Waals surface area contributed by atoms with E-state index in [4.69, 9.17) is 0 Å². The van der Waals surface area contributed by atoms with Crippen molar-refractivity contribution < 1.29 is 5.11 Å². The van der Waals surface area contributed by atoms with Gasteiger partial charge < -0.3 is 10.1 Å². The van der Waals surface area contributed by atoms with Crippen molar-refractivity contribution in [2.45, 2.75) is 25.3 Å². The molecule has 1 aliphatic rings. The number of aromatic nitrogens is 2. The zero-order chi connectivity index (χ0) is 10.4. The molecule has 4 heteroatoms. The number of H-pyrrole nitrogens is 1. The number of hydrogen-bond donors (Lipinski definition) is 2. The van der Waals surface area contributed by atoms with Crippen LogP contribution in [-0.4, -0.2) is 14.7 Å². The van der Waals surface area contributed by atoms with Crippen LogP contribution in [0.3, 0.4) is 0 Å². The molecule has 0 bridgehead atoms. The lowest BCUT2D eigenvalue weighted by Gasteiger charge is -2.26. The summed E-state index contributed by atoms with van der Waals surface area (Å²) in [5, 5.41) is 9.75. The van der Waals surface area contributed by atoms with Crippen molar-refractivity contribution in [1.82, 2.24) is 9.55 Å². The van der Waals surface area contributed by atoms with Gasteiger partial charge in [-0.05, 0) is 31.4 Å². The number of aromatic hydroxyl groups is 1. The Bertz CT molecular complexity index is 563. The number of para-hydroxylation sites is 1. The lowest BCUT2D eigenvalue weighted by molar-refractivity contribution is 0.312. The molecule has 78 valence electrons. The summed E-state index contributed by atoms with van der Waals surface area (Å²) < 4.78 is 1.69. The van der Waals surface area contributed by atoms with Crippen LogP contribution in [0.25, 0.3) is 11.0 Å². The summed E-state index contributed by atoms with van der Waals surface area (Å²) in [5.41, 5.74) is 1.25. The zero-order valence-electron chi connectivity index (χ0n) is 8.23. The van der Waals surface area contributed by atoms with Crippen LogP contribution in [0.15, 0.2) is 23.0 Å². The van der Waals surface area contributed by atoms with E-state index < -0.39 is 0 Å².